The number of amides is 1. The first-order valence-electron chi connectivity index (χ1n) is 9.68. The van der Waals surface area contributed by atoms with Gasteiger partial charge in [0, 0.05) is 24.2 Å². The molecule has 1 saturated carbocycles. The standard InChI is InChI=1S/C20H23N5O3/c1-12-18(20(23-28-12)27-11-15-6-7-24(15)2)14-5-8-25-16(9-14)10-17(22-25)21-19(26)13-3-4-13/h5,8-10,13,15H,3-4,6-7,11H2,1-2H3,(H,21,22,26)/t15-/m0/s1. The molecule has 8 nitrogen and oxygen atoms in total. The summed E-state index contributed by atoms with van der Waals surface area (Å²) in [5, 5.41) is 11.4. The van der Waals surface area contributed by atoms with Crippen molar-refractivity contribution < 1.29 is 14.1 Å². The molecule has 3 aromatic rings. The first-order chi connectivity index (χ1) is 13.6. The van der Waals surface area contributed by atoms with Crippen LogP contribution in [0.15, 0.2) is 28.9 Å². The van der Waals surface area contributed by atoms with Gasteiger partial charge >= 0.3 is 0 Å². The number of ether oxygens (including phenoxy) is 1. The number of fused-ring (bicyclic) bond motifs is 1. The van der Waals surface area contributed by atoms with Crippen molar-refractivity contribution in [3.63, 3.8) is 0 Å². The number of hydrogen-bond donors (Lipinski definition) is 1. The number of likely N-dealkylation sites (N-methyl/N-ethyl adjacent to an activating group) is 1. The minimum atomic E-state index is 0.0511. The maximum Gasteiger partial charge on any atom is 0.262 e. The van der Waals surface area contributed by atoms with E-state index in [0.717, 1.165) is 42.5 Å². The monoisotopic (exact) mass is 381 g/mol. The van der Waals surface area contributed by atoms with Crippen LogP contribution in [0.5, 0.6) is 5.88 Å². The van der Waals surface area contributed by atoms with Gasteiger partial charge in [-0.3, -0.25) is 9.69 Å². The topological polar surface area (TPSA) is 84.9 Å². The Morgan fingerprint density at radius 1 is 1.36 bits per heavy atom. The van der Waals surface area contributed by atoms with Crippen LogP contribution in [-0.4, -0.2) is 51.8 Å². The van der Waals surface area contributed by atoms with E-state index in [1.165, 1.54) is 0 Å². The summed E-state index contributed by atoms with van der Waals surface area (Å²) in [5.74, 6) is 2.00. The third-order valence-corrected chi connectivity index (χ3v) is 5.63. The maximum absolute atomic E-state index is 12.0. The minimum Gasteiger partial charge on any atom is -0.473 e. The molecule has 0 spiro atoms. The molecule has 146 valence electrons. The van der Waals surface area contributed by atoms with Crippen molar-refractivity contribution in [3.05, 3.63) is 30.2 Å². The Morgan fingerprint density at radius 3 is 2.93 bits per heavy atom. The lowest BCUT2D eigenvalue weighted by Gasteiger charge is -2.37. The first kappa shape index (κ1) is 17.2. The molecule has 0 bridgehead atoms. The SMILES string of the molecule is Cc1onc(OC[C@@H]2CCN2C)c1-c1ccn2nc(NC(=O)C3CC3)cc2c1. The zero-order chi connectivity index (χ0) is 19.3. The fourth-order valence-corrected chi connectivity index (χ4v) is 3.52. The summed E-state index contributed by atoms with van der Waals surface area (Å²) in [6.45, 7) is 3.59. The van der Waals surface area contributed by atoms with Crippen molar-refractivity contribution in [2.24, 2.45) is 5.92 Å². The third-order valence-electron chi connectivity index (χ3n) is 5.63. The van der Waals surface area contributed by atoms with Crippen LogP contribution in [0.3, 0.4) is 0 Å². The van der Waals surface area contributed by atoms with Gasteiger partial charge in [0.15, 0.2) is 5.82 Å². The van der Waals surface area contributed by atoms with Crippen LogP contribution in [0.4, 0.5) is 5.82 Å². The Morgan fingerprint density at radius 2 is 2.21 bits per heavy atom. The van der Waals surface area contributed by atoms with Gasteiger partial charge in [0.25, 0.3) is 5.88 Å². The van der Waals surface area contributed by atoms with E-state index in [2.05, 4.69) is 27.5 Å². The normalized spacial score (nSPS) is 19.6. The summed E-state index contributed by atoms with van der Waals surface area (Å²) in [6, 6.07) is 6.26. The van der Waals surface area contributed by atoms with Crippen molar-refractivity contribution in [2.45, 2.75) is 32.2 Å². The predicted molar refractivity (Wildman–Crippen MR) is 103 cm³/mol. The second kappa shape index (κ2) is 6.63. The van der Waals surface area contributed by atoms with E-state index < -0.39 is 0 Å². The molecule has 2 aliphatic rings. The van der Waals surface area contributed by atoms with Gasteiger partial charge in [0.05, 0.1) is 11.1 Å². The zero-order valence-corrected chi connectivity index (χ0v) is 16.0. The summed E-state index contributed by atoms with van der Waals surface area (Å²) in [7, 11) is 2.10. The summed E-state index contributed by atoms with van der Waals surface area (Å²) in [5.41, 5.74) is 2.69. The number of carbonyl (C=O) groups is 1. The fourth-order valence-electron chi connectivity index (χ4n) is 3.52. The fraction of sp³-hybridized carbons (Fsp3) is 0.450. The molecule has 5 rings (SSSR count). The number of aromatic nitrogens is 3. The van der Waals surface area contributed by atoms with Crippen molar-refractivity contribution in [3.8, 4) is 17.0 Å². The van der Waals surface area contributed by atoms with Crippen LogP contribution >= 0.6 is 0 Å². The molecule has 1 N–H and O–H groups in total. The zero-order valence-electron chi connectivity index (χ0n) is 16.0. The van der Waals surface area contributed by atoms with Crippen LogP contribution in [0.2, 0.25) is 0 Å². The molecular weight excluding hydrogens is 358 g/mol. The second-order valence-corrected chi connectivity index (χ2v) is 7.73. The van der Waals surface area contributed by atoms with Gasteiger partial charge in [-0.2, -0.15) is 5.10 Å². The maximum atomic E-state index is 12.0. The van der Waals surface area contributed by atoms with Crippen molar-refractivity contribution in [2.75, 3.05) is 25.5 Å². The first-order valence-corrected chi connectivity index (χ1v) is 9.68. The number of anilines is 1. The number of hydrogen-bond acceptors (Lipinski definition) is 6. The van der Waals surface area contributed by atoms with E-state index >= 15 is 0 Å². The van der Waals surface area contributed by atoms with Crippen LogP contribution < -0.4 is 10.1 Å². The summed E-state index contributed by atoms with van der Waals surface area (Å²) in [6.07, 6.45) is 4.94. The average Bonchev–Trinajstić information content (AvgIpc) is 3.36. The molecule has 8 heteroatoms. The molecule has 0 unspecified atom stereocenters. The summed E-state index contributed by atoms with van der Waals surface area (Å²) in [4.78, 5) is 14.2. The number of rotatable bonds is 6. The van der Waals surface area contributed by atoms with E-state index in [1.807, 2.05) is 31.3 Å². The number of aryl methyl sites for hydroxylation is 1. The van der Waals surface area contributed by atoms with Gasteiger partial charge in [0.2, 0.25) is 5.91 Å². The molecule has 28 heavy (non-hydrogen) atoms. The van der Waals surface area contributed by atoms with Crippen molar-refractivity contribution in [1.82, 2.24) is 19.7 Å². The highest BCUT2D eigenvalue weighted by Gasteiger charge is 2.30. The van der Waals surface area contributed by atoms with E-state index in [9.17, 15) is 4.79 Å². The Bertz CT molecular complexity index is 1040. The molecule has 1 aliphatic heterocycles. The van der Waals surface area contributed by atoms with Crippen molar-refractivity contribution in [1.29, 1.82) is 0 Å². The highest BCUT2D eigenvalue weighted by atomic mass is 16.5. The molecule has 2 fully saturated rings. The molecule has 1 amide bonds. The van der Waals surface area contributed by atoms with Crippen LogP contribution in [-0.2, 0) is 4.79 Å². The van der Waals surface area contributed by atoms with Crippen molar-refractivity contribution >= 4 is 17.2 Å². The lowest BCUT2D eigenvalue weighted by molar-refractivity contribution is -0.117. The van der Waals surface area contributed by atoms with Gasteiger partial charge in [0.1, 0.15) is 12.4 Å². The minimum absolute atomic E-state index is 0.0511. The Balaban J connectivity index is 1.39. The molecule has 1 atom stereocenters. The van der Waals surface area contributed by atoms with Crippen LogP contribution in [0.25, 0.3) is 16.6 Å². The van der Waals surface area contributed by atoms with E-state index in [4.69, 9.17) is 9.26 Å². The van der Waals surface area contributed by atoms with Crippen LogP contribution in [0.1, 0.15) is 25.0 Å². The lowest BCUT2D eigenvalue weighted by Crippen LogP contribution is -2.48. The van der Waals surface area contributed by atoms with Gasteiger partial charge in [-0.15, -0.1) is 0 Å². The Labute approximate surface area is 162 Å². The largest absolute Gasteiger partial charge is 0.473 e. The molecule has 1 aliphatic carbocycles. The number of likely N-dealkylation sites (tertiary alicyclic amines) is 1. The molecule has 0 radical (unpaired) electrons. The summed E-state index contributed by atoms with van der Waals surface area (Å²) >= 11 is 0. The molecule has 4 heterocycles. The average molecular weight is 381 g/mol. The Kier molecular flexibility index (Phi) is 4.08. The van der Waals surface area contributed by atoms with Crippen LogP contribution in [0, 0.1) is 12.8 Å². The summed E-state index contributed by atoms with van der Waals surface area (Å²) < 4.78 is 13.1. The number of carbonyl (C=O) groups excluding carboxylic acids is 1. The quantitative estimate of drug-likeness (QED) is 0.707. The van der Waals surface area contributed by atoms with Gasteiger partial charge in [-0.05, 0) is 62.6 Å². The molecule has 1 saturated heterocycles. The Hall–Kier alpha value is -2.87. The predicted octanol–water partition coefficient (Wildman–Crippen LogP) is 2.73. The van der Waals surface area contributed by atoms with E-state index in [1.54, 1.807) is 4.52 Å². The lowest BCUT2D eigenvalue weighted by atomic mass is 10.1. The molecule has 0 aromatic carbocycles. The van der Waals surface area contributed by atoms with E-state index in [-0.39, 0.29) is 11.8 Å². The number of nitrogens with one attached hydrogen (secondary N) is 1. The number of nitrogens with zero attached hydrogens (tertiary/aromatic N) is 4. The van der Waals surface area contributed by atoms with Gasteiger partial charge in [-0.1, -0.05) is 0 Å². The highest BCUT2D eigenvalue weighted by Crippen LogP contribution is 2.34. The van der Waals surface area contributed by atoms with Gasteiger partial charge in [-0.25, -0.2) is 4.52 Å². The third kappa shape index (κ3) is 3.13. The second-order valence-electron chi connectivity index (χ2n) is 7.73. The highest BCUT2D eigenvalue weighted by molar-refractivity contribution is 5.93. The number of pyridine rings is 1. The van der Waals surface area contributed by atoms with Gasteiger partial charge < -0.3 is 14.6 Å². The van der Waals surface area contributed by atoms with E-state index in [0.29, 0.717) is 30.1 Å². The molecular formula is C20H23N5O3. The smallest absolute Gasteiger partial charge is 0.262 e. The molecule has 3 aromatic heterocycles.